The van der Waals surface area contributed by atoms with Crippen LogP contribution in [0.5, 0.6) is 0 Å². The number of rotatable bonds is 5. The summed E-state index contributed by atoms with van der Waals surface area (Å²) in [6.07, 6.45) is 0.419. The molecule has 1 amide bonds. The highest BCUT2D eigenvalue weighted by molar-refractivity contribution is 7.90. The van der Waals surface area contributed by atoms with Gasteiger partial charge in [-0.25, -0.2) is 22.8 Å². The summed E-state index contributed by atoms with van der Waals surface area (Å²) in [4.78, 5) is 23.2. The lowest BCUT2D eigenvalue weighted by Crippen LogP contribution is -2.47. The third-order valence-corrected chi connectivity index (χ3v) is 7.21. The van der Waals surface area contributed by atoms with Crippen LogP contribution in [0, 0.1) is 5.82 Å². The van der Waals surface area contributed by atoms with Crippen molar-refractivity contribution in [3.8, 4) is 0 Å². The molecule has 0 spiro atoms. The lowest BCUT2D eigenvalue weighted by molar-refractivity contribution is -0.145. The number of benzene rings is 1. The normalized spacial score (nSPS) is 20.1. The Bertz CT molecular complexity index is 1170. The van der Waals surface area contributed by atoms with Crippen LogP contribution >= 0.6 is 0 Å². The van der Waals surface area contributed by atoms with Gasteiger partial charge in [0.2, 0.25) is 11.7 Å². The summed E-state index contributed by atoms with van der Waals surface area (Å²) >= 11 is 0. The molecule has 2 aromatic rings. The highest BCUT2D eigenvalue weighted by Crippen LogP contribution is 2.29. The van der Waals surface area contributed by atoms with Crippen molar-refractivity contribution in [2.75, 3.05) is 36.1 Å². The van der Waals surface area contributed by atoms with Gasteiger partial charge in [0.15, 0.2) is 9.84 Å². The average Bonchev–Trinajstić information content (AvgIpc) is 3.14. The Morgan fingerprint density at radius 2 is 1.71 bits per heavy atom. The number of alkyl halides is 3. The second kappa shape index (κ2) is 9.01. The van der Waals surface area contributed by atoms with E-state index in [4.69, 9.17) is 0 Å². The number of halogens is 4. The maximum Gasteiger partial charge on any atom is 0.451 e. The fourth-order valence-corrected chi connectivity index (χ4v) is 4.93. The van der Waals surface area contributed by atoms with E-state index in [9.17, 15) is 30.8 Å². The number of amides is 1. The van der Waals surface area contributed by atoms with Crippen LogP contribution in [0.4, 0.5) is 28.9 Å². The molecule has 0 aliphatic carbocycles. The first-order chi connectivity index (χ1) is 15.9. The van der Waals surface area contributed by atoms with Crippen LogP contribution in [-0.2, 0) is 20.8 Å². The van der Waals surface area contributed by atoms with Gasteiger partial charge >= 0.3 is 6.18 Å². The molecule has 0 radical (unpaired) electrons. The number of hydrogen-bond donors (Lipinski definition) is 1. The molecule has 1 aromatic carbocycles. The number of carbonyl (C=O) groups excluding carboxylic acids is 1. The number of sulfone groups is 1. The molecule has 34 heavy (non-hydrogen) atoms. The molecular weight excluding hydrogens is 478 g/mol. The van der Waals surface area contributed by atoms with E-state index in [2.05, 4.69) is 15.3 Å². The van der Waals surface area contributed by atoms with Crippen LogP contribution in [0.2, 0.25) is 0 Å². The first-order valence-electron chi connectivity index (χ1n) is 10.6. The van der Waals surface area contributed by atoms with Gasteiger partial charge in [-0.3, -0.25) is 4.79 Å². The van der Waals surface area contributed by atoms with Crippen molar-refractivity contribution in [2.24, 2.45) is 0 Å². The molecule has 1 atom stereocenters. The summed E-state index contributed by atoms with van der Waals surface area (Å²) < 4.78 is 75.5. The Labute approximate surface area is 193 Å². The summed E-state index contributed by atoms with van der Waals surface area (Å²) in [6, 6.07) is 2.86. The van der Waals surface area contributed by atoms with Crippen LogP contribution < -0.4 is 10.2 Å². The molecule has 3 heterocycles. The molecule has 1 aromatic heterocycles. The first kappa shape index (κ1) is 24.2. The van der Waals surface area contributed by atoms with Crippen molar-refractivity contribution >= 4 is 27.1 Å². The lowest BCUT2D eigenvalue weighted by atomic mass is 10.0. The zero-order chi connectivity index (χ0) is 24.7. The van der Waals surface area contributed by atoms with Crippen molar-refractivity contribution in [2.45, 2.75) is 42.4 Å². The number of nitrogens with one attached hydrogen (secondary N) is 1. The summed E-state index contributed by atoms with van der Waals surface area (Å²) in [7, 11) is -3.54. The summed E-state index contributed by atoms with van der Waals surface area (Å²) in [5.41, 5.74) is 0.552. The zero-order valence-corrected chi connectivity index (χ0v) is 19.0. The molecule has 4 rings (SSSR count). The van der Waals surface area contributed by atoms with Gasteiger partial charge in [0, 0.05) is 31.9 Å². The second-order valence-corrected chi connectivity index (χ2v) is 10.4. The van der Waals surface area contributed by atoms with E-state index in [1.807, 2.05) is 4.90 Å². The van der Waals surface area contributed by atoms with E-state index in [-0.39, 0.29) is 22.5 Å². The van der Waals surface area contributed by atoms with Crippen LogP contribution in [0.25, 0.3) is 0 Å². The Hall–Kier alpha value is -2.96. The van der Waals surface area contributed by atoms with Crippen LogP contribution in [-0.4, -0.2) is 67.2 Å². The molecule has 2 aliphatic heterocycles. The lowest BCUT2D eigenvalue weighted by Gasteiger charge is -2.37. The third-order valence-electron chi connectivity index (χ3n) is 6.10. The van der Waals surface area contributed by atoms with Crippen LogP contribution in [0.15, 0.2) is 35.5 Å². The molecule has 1 N–H and O–H groups in total. The number of piperidine rings is 1. The molecule has 2 saturated heterocycles. The Morgan fingerprint density at radius 3 is 2.26 bits per heavy atom. The first-order valence-corrected chi connectivity index (χ1v) is 12.5. The molecule has 0 bridgehead atoms. The zero-order valence-electron chi connectivity index (χ0n) is 18.2. The number of nitrogens with zero attached hydrogens (tertiary/aromatic N) is 4. The van der Waals surface area contributed by atoms with Gasteiger partial charge in [0.05, 0.1) is 28.7 Å². The molecule has 184 valence electrons. The predicted molar refractivity (Wildman–Crippen MR) is 116 cm³/mol. The Morgan fingerprint density at radius 1 is 1.06 bits per heavy atom. The van der Waals surface area contributed by atoms with Gasteiger partial charge in [0.1, 0.15) is 11.9 Å². The average molecular weight is 502 g/mol. The Balaban J connectivity index is 1.34. The number of anilines is 2. The number of hydrogen-bond acceptors (Lipinski definition) is 7. The van der Waals surface area contributed by atoms with Gasteiger partial charge in [-0.15, -0.1) is 0 Å². The predicted octanol–water partition coefficient (Wildman–Crippen LogP) is 2.72. The van der Waals surface area contributed by atoms with Gasteiger partial charge in [-0.1, -0.05) is 0 Å². The standard InChI is InChI=1S/C21H23F4N5O3S/c1-34(32,33)15-2-3-17(16(22)10-15)28-18-6-9-30(19(18)31)13-4-7-29(8-5-13)14-11-26-20(27-12-14)21(23,24)25/h2-3,10-13,18,28H,4-9H2,1H3. The van der Waals surface area contributed by atoms with E-state index in [0.717, 1.165) is 24.7 Å². The maximum atomic E-state index is 14.4. The van der Waals surface area contributed by atoms with Gasteiger partial charge in [0.25, 0.3) is 0 Å². The van der Waals surface area contributed by atoms with E-state index in [1.165, 1.54) is 12.1 Å². The topological polar surface area (TPSA) is 95.5 Å². The van der Waals surface area contributed by atoms with Gasteiger partial charge < -0.3 is 15.1 Å². The van der Waals surface area contributed by atoms with Crippen molar-refractivity contribution in [1.82, 2.24) is 14.9 Å². The fourth-order valence-electron chi connectivity index (χ4n) is 4.30. The number of aromatic nitrogens is 2. The van der Waals surface area contributed by atoms with Gasteiger partial charge in [-0.05, 0) is 37.5 Å². The molecule has 13 heteroatoms. The van der Waals surface area contributed by atoms with Crippen molar-refractivity contribution in [3.05, 3.63) is 42.2 Å². The fraction of sp³-hybridized carbons (Fsp3) is 0.476. The molecular formula is C21H23F4N5O3S. The minimum atomic E-state index is -4.59. The molecule has 8 nitrogen and oxygen atoms in total. The minimum absolute atomic E-state index is 0.0385. The number of likely N-dealkylation sites (tertiary alicyclic amines) is 1. The summed E-state index contributed by atoms with van der Waals surface area (Å²) in [6.45, 7) is 1.55. The van der Waals surface area contributed by atoms with Crippen LogP contribution in [0.1, 0.15) is 25.1 Å². The summed E-state index contributed by atoms with van der Waals surface area (Å²) in [5.74, 6) is -2.10. The largest absolute Gasteiger partial charge is 0.451 e. The van der Waals surface area contributed by atoms with Gasteiger partial charge in [-0.2, -0.15) is 13.2 Å². The van der Waals surface area contributed by atoms with Crippen molar-refractivity contribution in [3.63, 3.8) is 0 Å². The smallest absolute Gasteiger partial charge is 0.371 e. The third kappa shape index (κ3) is 5.08. The monoisotopic (exact) mass is 501 g/mol. The molecule has 2 fully saturated rings. The molecule has 1 unspecified atom stereocenters. The maximum absolute atomic E-state index is 14.4. The summed E-state index contributed by atoms with van der Waals surface area (Å²) in [5, 5.41) is 2.88. The van der Waals surface area contributed by atoms with Crippen molar-refractivity contribution < 1.29 is 30.8 Å². The second-order valence-electron chi connectivity index (χ2n) is 8.41. The van der Waals surface area contributed by atoms with E-state index in [1.54, 1.807) is 4.90 Å². The van der Waals surface area contributed by atoms with E-state index in [0.29, 0.717) is 44.6 Å². The highest BCUT2D eigenvalue weighted by Gasteiger charge is 2.38. The number of carbonyl (C=O) groups is 1. The van der Waals surface area contributed by atoms with E-state index < -0.39 is 33.7 Å². The molecule has 0 saturated carbocycles. The highest BCUT2D eigenvalue weighted by atomic mass is 32.2. The minimum Gasteiger partial charge on any atom is -0.371 e. The van der Waals surface area contributed by atoms with Crippen LogP contribution in [0.3, 0.4) is 0 Å². The Kier molecular flexibility index (Phi) is 6.40. The molecule has 2 aliphatic rings. The quantitative estimate of drug-likeness (QED) is 0.630. The van der Waals surface area contributed by atoms with E-state index >= 15 is 0 Å². The SMILES string of the molecule is CS(=O)(=O)c1ccc(NC2CCN(C3CCN(c4cnc(C(F)(F)F)nc4)CC3)C2=O)c(F)c1. The van der Waals surface area contributed by atoms with Crippen molar-refractivity contribution in [1.29, 1.82) is 0 Å².